The van der Waals surface area contributed by atoms with E-state index in [2.05, 4.69) is 75.8 Å². The number of imidazole rings is 2. The summed E-state index contributed by atoms with van der Waals surface area (Å²) < 4.78 is 6.68. The molecule has 0 aliphatic rings. The van der Waals surface area contributed by atoms with E-state index in [9.17, 15) is 0 Å². The smallest absolute Gasteiger partial charge is 0.228 e. The van der Waals surface area contributed by atoms with Gasteiger partial charge in [-0.3, -0.25) is 8.80 Å². The molecule has 0 fully saturated rings. The molecule has 7 aromatic rings. The number of aryl methyl sites for hydroxylation is 3. The normalized spacial score (nSPS) is 12.7. The van der Waals surface area contributed by atoms with Gasteiger partial charge in [-0.05, 0) is 37.6 Å². The second-order valence-corrected chi connectivity index (χ2v) is 7.89. The van der Waals surface area contributed by atoms with Gasteiger partial charge in [-0.25, -0.2) is 15.0 Å². The van der Waals surface area contributed by atoms with E-state index >= 15 is 0 Å². The van der Waals surface area contributed by atoms with E-state index in [4.69, 9.17) is 9.97 Å². The van der Waals surface area contributed by atoms with Crippen molar-refractivity contribution >= 4 is 55.3 Å². The van der Waals surface area contributed by atoms with Crippen molar-refractivity contribution in [2.75, 3.05) is 0 Å². The average molecular weight is 377 g/mol. The zero-order valence-electron chi connectivity index (χ0n) is 16.3. The number of benzene rings is 2. The largest absolute Gasteiger partial charge is 0.276 e. The maximum absolute atomic E-state index is 4.99. The van der Waals surface area contributed by atoms with Gasteiger partial charge in [-0.15, -0.1) is 0 Å². The number of rotatable bonds is 0. The number of hydrogen-bond acceptors (Lipinski definition) is 3. The van der Waals surface area contributed by atoms with E-state index < -0.39 is 0 Å². The molecule has 0 aliphatic carbocycles. The lowest BCUT2D eigenvalue weighted by Gasteiger charge is -2.11. The van der Waals surface area contributed by atoms with Gasteiger partial charge in [-0.1, -0.05) is 18.2 Å². The summed E-state index contributed by atoms with van der Waals surface area (Å²) in [5.74, 6) is 0.892. The molecule has 0 radical (unpaired) electrons. The zero-order chi connectivity index (χ0) is 19.4. The van der Waals surface area contributed by atoms with Crippen molar-refractivity contribution in [1.29, 1.82) is 0 Å². The van der Waals surface area contributed by atoms with Crippen LogP contribution in [-0.2, 0) is 7.05 Å². The number of para-hydroxylation sites is 2. The zero-order valence-corrected chi connectivity index (χ0v) is 16.3. The molecule has 0 amide bonds. The Labute approximate surface area is 165 Å². The van der Waals surface area contributed by atoms with Crippen molar-refractivity contribution in [3.8, 4) is 0 Å². The number of fused-ring (bicyclic) bond motifs is 7. The predicted octanol–water partition coefficient (Wildman–Crippen LogP) is 3.87. The van der Waals surface area contributed by atoms with Gasteiger partial charge in [0.25, 0.3) is 0 Å². The molecule has 0 spiro atoms. The highest BCUT2D eigenvalue weighted by Crippen LogP contribution is 2.37. The molecule has 0 N–H and O–H groups in total. The first kappa shape index (κ1) is 15.2. The standard InChI is InChI=1S/C23H17N6/c1-12-8-9-16-20-17(12)21-18-19(13(2)10-27(21)3)24-11-25-22(18)29(20)23-26-14-6-4-5-7-15(14)28(16)23/h4-11H,1-3H3/q+1. The van der Waals surface area contributed by atoms with Crippen molar-refractivity contribution in [1.82, 2.24) is 23.8 Å². The summed E-state index contributed by atoms with van der Waals surface area (Å²) in [5, 5.41) is 2.31. The lowest BCUT2D eigenvalue weighted by molar-refractivity contribution is -0.644. The molecule has 0 saturated carbocycles. The lowest BCUT2D eigenvalue weighted by Crippen LogP contribution is -2.30. The van der Waals surface area contributed by atoms with Gasteiger partial charge in [-0.2, -0.15) is 4.57 Å². The quantitative estimate of drug-likeness (QED) is 0.229. The third-order valence-corrected chi connectivity index (χ3v) is 6.20. The summed E-state index contributed by atoms with van der Waals surface area (Å²) >= 11 is 0. The molecule has 6 nitrogen and oxygen atoms in total. The third-order valence-electron chi connectivity index (χ3n) is 6.20. The highest BCUT2D eigenvalue weighted by Gasteiger charge is 2.27. The van der Waals surface area contributed by atoms with Crippen molar-refractivity contribution in [2.24, 2.45) is 7.05 Å². The summed E-state index contributed by atoms with van der Waals surface area (Å²) in [6.45, 7) is 4.28. The first-order chi connectivity index (χ1) is 14.1. The maximum Gasteiger partial charge on any atom is 0.228 e. The molecule has 5 heterocycles. The summed E-state index contributed by atoms with van der Waals surface area (Å²) in [7, 11) is 2.11. The topological polar surface area (TPSA) is 51.4 Å². The molecule has 5 aromatic heterocycles. The fraction of sp³-hybridized carbons (Fsp3) is 0.130. The monoisotopic (exact) mass is 377 g/mol. The van der Waals surface area contributed by atoms with Crippen LogP contribution in [0.25, 0.3) is 55.3 Å². The molecular weight excluding hydrogens is 360 g/mol. The summed E-state index contributed by atoms with van der Waals surface area (Å²) in [6.07, 6.45) is 3.83. The van der Waals surface area contributed by atoms with Crippen molar-refractivity contribution in [3.63, 3.8) is 0 Å². The minimum Gasteiger partial charge on any atom is -0.276 e. The maximum atomic E-state index is 4.99. The lowest BCUT2D eigenvalue weighted by atomic mass is 10.0. The highest BCUT2D eigenvalue weighted by atomic mass is 15.2. The summed E-state index contributed by atoms with van der Waals surface area (Å²) in [6, 6.07) is 12.7. The second kappa shape index (κ2) is 4.78. The van der Waals surface area contributed by atoms with E-state index in [0.29, 0.717) is 0 Å². The van der Waals surface area contributed by atoms with Crippen molar-refractivity contribution in [3.05, 3.63) is 60.0 Å². The Hall–Kier alpha value is -3.80. The van der Waals surface area contributed by atoms with E-state index in [1.165, 1.54) is 16.5 Å². The van der Waals surface area contributed by atoms with Crippen LogP contribution in [0.4, 0.5) is 0 Å². The summed E-state index contributed by atoms with van der Waals surface area (Å²) in [4.78, 5) is 14.4. The van der Waals surface area contributed by atoms with Gasteiger partial charge in [0.05, 0.1) is 33.0 Å². The Morgan fingerprint density at radius 2 is 1.72 bits per heavy atom. The molecule has 29 heavy (non-hydrogen) atoms. The second-order valence-electron chi connectivity index (χ2n) is 7.89. The molecular formula is C23H17N6+. The van der Waals surface area contributed by atoms with Crippen LogP contribution in [0, 0.1) is 13.8 Å². The van der Waals surface area contributed by atoms with E-state index in [-0.39, 0.29) is 0 Å². The SMILES string of the molecule is Cc1c[n+](C)c2c3c(C)ccc4c3n(c3ncnc1c32)c1nc2ccccc2n41. The Morgan fingerprint density at radius 1 is 0.862 bits per heavy atom. The first-order valence-electron chi connectivity index (χ1n) is 9.71. The Morgan fingerprint density at radius 3 is 2.62 bits per heavy atom. The molecule has 138 valence electrons. The highest BCUT2D eigenvalue weighted by molar-refractivity contribution is 6.19. The van der Waals surface area contributed by atoms with Crippen LogP contribution < -0.4 is 4.57 Å². The number of aromatic nitrogens is 6. The molecule has 0 saturated heterocycles. The minimum atomic E-state index is 0.892. The van der Waals surface area contributed by atoms with Crippen molar-refractivity contribution < 1.29 is 4.57 Å². The number of nitrogens with zero attached hydrogens (tertiary/aromatic N) is 6. The minimum absolute atomic E-state index is 0.892. The molecule has 0 unspecified atom stereocenters. The van der Waals surface area contributed by atoms with Crippen LogP contribution in [0.15, 0.2) is 48.9 Å². The van der Waals surface area contributed by atoms with Gasteiger partial charge in [0.15, 0.2) is 11.8 Å². The van der Waals surface area contributed by atoms with Gasteiger partial charge < -0.3 is 0 Å². The van der Waals surface area contributed by atoms with E-state index in [1.54, 1.807) is 6.33 Å². The van der Waals surface area contributed by atoms with Gasteiger partial charge in [0.2, 0.25) is 11.3 Å². The van der Waals surface area contributed by atoms with Gasteiger partial charge in [0.1, 0.15) is 18.8 Å². The average Bonchev–Trinajstić information content (AvgIpc) is 3.24. The van der Waals surface area contributed by atoms with Gasteiger partial charge in [0, 0.05) is 5.56 Å². The molecule has 0 bridgehead atoms. The van der Waals surface area contributed by atoms with Crippen LogP contribution >= 0.6 is 0 Å². The van der Waals surface area contributed by atoms with Gasteiger partial charge >= 0.3 is 0 Å². The molecule has 7 rings (SSSR count). The van der Waals surface area contributed by atoms with Crippen LogP contribution in [0.2, 0.25) is 0 Å². The van der Waals surface area contributed by atoms with Crippen LogP contribution in [0.5, 0.6) is 0 Å². The fourth-order valence-corrected chi connectivity index (χ4v) is 5.04. The fourth-order valence-electron chi connectivity index (χ4n) is 5.04. The number of pyridine rings is 2. The molecule has 2 aromatic carbocycles. The predicted molar refractivity (Wildman–Crippen MR) is 114 cm³/mol. The molecule has 0 aliphatic heterocycles. The Balaban J connectivity index is 1.98. The Kier molecular flexibility index (Phi) is 2.50. The summed E-state index contributed by atoms with van der Waals surface area (Å²) in [5.41, 5.74) is 9.84. The van der Waals surface area contributed by atoms with Crippen LogP contribution in [0.3, 0.4) is 0 Å². The first-order valence-corrected chi connectivity index (χ1v) is 9.71. The van der Waals surface area contributed by atoms with E-state index in [1.807, 2.05) is 6.07 Å². The van der Waals surface area contributed by atoms with Crippen molar-refractivity contribution in [2.45, 2.75) is 13.8 Å². The molecule has 0 atom stereocenters. The van der Waals surface area contributed by atoms with E-state index in [0.717, 1.165) is 50.0 Å². The van der Waals surface area contributed by atoms with Crippen LogP contribution in [0.1, 0.15) is 11.1 Å². The number of hydrogen-bond donors (Lipinski definition) is 0. The molecule has 6 heteroatoms. The Bertz CT molecular complexity index is 1790. The third kappa shape index (κ3) is 1.61. The van der Waals surface area contributed by atoms with Crippen LogP contribution in [-0.4, -0.2) is 23.8 Å².